The van der Waals surface area contributed by atoms with Gasteiger partial charge in [-0.3, -0.25) is 0 Å². The van der Waals surface area contributed by atoms with Gasteiger partial charge in [0.05, 0.1) is 6.04 Å². The van der Waals surface area contributed by atoms with Crippen LogP contribution in [0.3, 0.4) is 0 Å². The molecule has 5 nitrogen and oxygen atoms in total. The zero-order valence-electron chi connectivity index (χ0n) is 13.1. The lowest BCUT2D eigenvalue weighted by molar-refractivity contribution is 0.0381. The van der Waals surface area contributed by atoms with Crippen LogP contribution in [0.25, 0.3) is 0 Å². The first kappa shape index (κ1) is 15.5. The number of nitrogens with one attached hydrogen (secondary N) is 1. The number of alkyl carbamates (subject to hydrolysis) is 1. The van der Waals surface area contributed by atoms with E-state index in [1.165, 1.54) is 0 Å². The average molecular weight is 292 g/mol. The van der Waals surface area contributed by atoms with Gasteiger partial charge in [-0.05, 0) is 19.9 Å². The average Bonchev–Trinajstić information content (AvgIpc) is 2.44. The minimum atomic E-state index is -0.438. The highest BCUT2D eigenvalue weighted by Gasteiger charge is 2.39. The molecule has 2 rings (SSSR count). The molecule has 0 aliphatic carbocycles. The number of amides is 1. The van der Waals surface area contributed by atoms with Crippen molar-refractivity contribution in [3.63, 3.8) is 0 Å². The Morgan fingerprint density at radius 2 is 2.05 bits per heavy atom. The predicted octanol–water partition coefficient (Wildman–Crippen LogP) is 3.05. The van der Waals surface area contributed by atoms with E-state index in [4.69, 9.17) is 4.74 Å². The summed E-state index contributed by atoms with van der Waals surface area (Å²) in [6.45, 7) is 10.3. The van der Waals surface area contributed by atoms with E-state index in [9.17, 15) is 9.90 Å². The van der Waals surface area contributed by atoms with Crippen LogP contribution in [0.15, 0.2) is 18.2 Å². The van der Waals surface area contributed by atoms with Crippen LogP contribution in [0.2, 0.25) is 0 Å². The van der Waals surface area contributed by atoms with Gasteiger partial charge < -0.3 is 20.1 Å². The summed E-state index contributed by atoms with van der Waals surface area (Å²) < 4.78 is 5.04. The number of rotatable bonds is 4. The van der Waals surface area contributed by atoms with Crippen molar-refractivity contribution in [2.75, 3.05) is 24.6 Å². The van der Waals surface area contributed by atoms with Crippen molar-refractivity contribution in [3.8, 4) is 5.75 Å². The molecule has 1 fully saturated rings. The fourth-order valence-electron chi connectivity index (χ4n) is 2.75. The number of carbonyl (C=O) groups is 1. The van der Waals surface area contributed by atoms with E-state index in [1.807, 2.05) is 26.0 Å². The maximum Gasteiger partial charge on any atom is 0.407 e. The highest BCUT2D eigenvalue weighted by Crippen LogP contribution is 2.40. The van der Waals surface area contributed by atoms with Crippen LogP contribution >= 0.6 is 0 Å². The van der Waals surface area contributed by atoms with Crippen LogP contribution in [0.4, 0.5) is 10.5 Å². The van der Waals surface area contributed by atoms with Crippen LogP contribution in [0.5, 0.6) is 5.75 Å². The van der Waals surface area contributed by atoms with Crippen LogP contribution < -0.4 is 10.2 Å². The van der Waals surface area contributed by atoms with Crippen LogP contribution in [0, 0.1) is 5.41 Å². The van der Waals surface area contributed by atoms with Crippen molar-refractivity contribution < 1.29 is 14.6 Å². The fourth-order valence-corrected chi connectivity index (χ4v) is 2.75. The van der Waals surface area contributed by atoms with E-state index < -0.39 is 6.09 Å². The van der Waals surface area contributed by atoms with Gasteiger partial charge >= 0.3 is 6.09 Å². The minimum Gasteiger partial charge on any atom is -0.508 e. The first-order chi connectivity index (χ1) is 9.89. The molecule has 1 aliphatic heterocycles. The lowest BCUT2D eigenvalue weighted by Gasteiger charge is -2.38. The maximum absolute atomic E-state index is 11.5. The van der Waals surface area contributed by atoms with Crippen molar-refractivity contribution in [1.29, 1.82) is 0 Å². The zero-order chi connectivity index (χ0) is 15.6. The normalized spacial score (nSPS) is 20.6. The smallest absolute Gasteiger partial charge is 0.407 e. The number of ether oxygens (including phenoxy) is 1. The zero-order valence-corrected chi connectivity index (χ0v) is 13.1. The van der Waals surface area contributed by atoms with Crippen molar-refractivity contribution in [2.45, 2.75) is 33.7 Å². The van der Waals surface area contributed by atoms with Gasteiger partial charge in [0.15, 0.2) is 0 Å². The summed E-state index contributed by atoms with van der Waals surface area (Å²) in [5, 5.41) is 13.2. The SMILES string of the molecule is CCN(CC)c1ccc([C@H]2NC(=O)OCC2(C)C)c(O)c1. The number of nitrogens with zero attached hydrogens (tertiary/aromatic N) is 1. The molecular formula is C16H24N2O3. The summed E-state index contributed by atoms with van der Waals surface area (Å²) in [6.07, 6.45) is -0.438. The molecule has 1 atom stereocenters. The van der Waals surface area contributed by atoms with Gasteiger partial charge in [0.2, 0.25) is 0 Å². The lowest BCUT2D eigenvalue weighted by Crippen LogP contribution is -2.46. The number of benzene rings is 1. The predicted molar refractivity (Wildman–Crippen MR) is 82.7 cm³/mol. The summed E-state index contributed by atoms with van der Waals surface area (Å²) in [6, 6.07) is 5.38. The Labute approximate surface area is 125 Å². The molecule has 0 radical (unpaired) electrons. The minimum absolute atomic E-state index is 0.208. The number of cyclic esters (lactones) is 1. The Morgan fingerprint density at radius 1 is 1.38 bits per heavy atom. The largest absolute Gasteiger partial charge is 0.508 e. The van der Waals surface area contributed by atoms with E-state index in [1.54, 1.807) is 6.07 Å². The number of aromatic hydroxyl groups is 1. The standard InChI is InChI=1S/C16H24N2O3/c1-5-18(6-2)11-7-8-12(13(19)9-11)14-16(3,4)10-21-15(20)17-14/h7-9,14,19H,5-6,10H2,1-4H3,(H,17,20)/t14-/m1/s1. The van der Waals surface area contributed by atoms with E-state index in [0.29, 0.717) is 6.61 Å². The Balaban J connectivity index is 2.33. The number of carbonyl (C=O) groups excluding carboxylic acids is 1. The number of phenols is 1. The summed E-state index contributed by atoms with van der Waals surface area (Å²) >= 11 is 0. The molecule has 21 heavy (non-hydrogen) atoms. The molecule has 5 heteroatoms. The van der Waals surface area contributed by atoms with Crippen LogP contribution in [-0.4, -0.2) is 30.9 Å². The molecule has 1 aliphatic rings. The topological polar surface area (TPSA) is 61.8 Å². The van der Waals surface area contributed by atoms with E-state index >= 15 is 0 Å². The maximum atomic E-state index is 11.5. The molecule has 1 saturated heterocycles. The molecule has 2 N–H and O–H groups in total. The summed E-state index contributed by atoms with van der Waals surface area (Å²) in [4.78, 5) is 13.7. The number of anilines is 1. The Bertz CT molecular complexity index is 524. The highest BCUT2D eigenvalue weighted by atomic mass is 16.6. The van der Waals surface area contributed by atoms with Gasteiger partial charge in [-0.1, -0.05) is 19.9 Å². The third-order valence-electron chi connectivity index (χ3n) is 4.07. The highest BCUT2D eigenvalue weighted by molar-refractivity contribution is 5.69. The van der Waals surface area contributed by atoms with E-state index in [-0.39, 0.29) is 17.2 Å². The van der Waals surface area contributed by atoms with Crippen LogP contribution in [0.1, 0.15) is 39.3 Å². The summed E-state index contributed by atoms with van der Waals surface area (Å²) in [5.41, 5.74) is 1.44. The molecular weight excluding hydrogens is 268 g/mol. The fraction of sp³-hybridized carbons (Fsp3) is 0.562. The Kier molecular flexibility index (Phi) is 4.30. The molecule has 0 unspecified atom stereocenters. The van der Waals surface area contributed by atoms with E-state index in [0.717, 1.165) is 24.3 Å². The summed E-state index contributed by atoms with van der Waals surface area (Å²) in [5.74, 6) is 0.208. The first-order valence-corrected chi connectivity index (χ1v) is 7.40. The van der Waals surface area contributed by atoms with Crippen molar-refractivity contribution >= 4 is 11.8 Å². The lowest BCUT2D eigenvalue weighted by atomic mass is 9.80. The molecule has 1 heterocycles. The van der Waals surface area contributed by atoms with Crippen molar-refractivity contribution in [3.05, 3.63) is 23.8 Å². The molecule has 1 aromatic rings. The summed E-state index contributed by atoms with van der Waals surface area (Å²) in [7, 11) is 0. The van der Waals surface area contributed by atoms with E-state index in [2.05, 4.69) is 24.1 Å². The molecule has 1 amide bonds. The molecule has 0 spiro atoms. The molecule has 0 saturated carbocycles. The molecule has 1 aromatic carbocycles. The third-order valence-corrected chi connectivity index (χ3v) is 4.07. The molecule has 0 aromatic heterocycles. The van der Waals surface area contributed by atoms with Gasteiger partial charge in [-0.15, -0.1) is 0 Å². The van der Waals surface area contributed by atoms with Gasteiger partial charge in [-0.25, -0.2) is 4.79 Å². The third kappa shape index (κ3) is 3.06. The van der Waals surface area contributed by atoms with Crippen molar-refractivity contribution in [1.82, 2.24) is 5.32 Å². The first-order valence-electron chi connectivity index (χ1n) is 7.40. The monoisotopic (exact) mass is 292 g/mol. The number of hydrogen-bond donors (Lipinski definition) is 2. The molecule has 0 bridgehead atoms. The number of hydrogen-bond acceptors (Lipinski definition) is 4. The Hall–Kier alpha value is -1.91. The second-order valence-corrected chi connectivity index (χ2v) is 6.06. The Morgan fingerprint density at radius 3 is 2.62 bits per heavy atom. The van der Waals surface area contributed by atoms with Gasteiger partial charge in [-0.2, -0.15) is 0 Å². The van der Waals surface area contributed by atoms with Gasteiger partial charge in [0.1, 0.15) is 12.4 Å². The van der Waals surface area contributed by atoms with Gasteiger partial charge in [0.25, 0.3) is 0 Å². The molecule has 116 valence electrons. The number of phenolic OH excluding ortho intramolecular Hbond substituents is 1. The van der Waals surface area contributed by atoms with Gasteiger partial charge in [0, 0.05) is 35.8 Å². The van der Waals surface area contributed by atoms with Crippen molar-refractivity contribution in [2.24, 2.45) is 5.41 Å². The second-order valence-electron chi connectivity index (χ2n) is 6.06. The van der Waals surface area contributed by atoms with Crippen LogP contribution in [-0.2, 0) is 4.74 Å². The quantitative estimate of drug-likeness (QED) is 0.895. The second kappa shape index (κ2) is 5.84.